The standard InChI is InChI=1S/C13H15N3O2S/c1-4-8-5-9(18-16-8)11-14-12(17)10-6(2)7(3)19-13(10)15-11/h9H,4-5H2,1-3H3,(H,14,15,17)/t9-/m0/s1. The summed E-state index contributed by atoms with van der Waals surface area (Å²) in [5.41, 5.74) is 1.93. The molecule has 0 fully saturated rings. The zero-order valence-electron chi connectivity index (χ0n) is 11.1. The summed E-state index contributed by atoms with van der Waals surface area (Å²) in [5, 5.41) is 4.70. The van der Waals surface area contributed by atoms with Gasteiger partial charge in [0.25, 0.3) is 5.56 Å². The minimum absolute atomic E-state index is 0.0876. The third-order valence-electron chi connectivity index (χ3n) is 3.50. The molecule has 5 nitrogen and oxygen atoms in total. The number of oxime groups is 1. The number of H-pyrrole nitrogens is 1. The smallest absolute Gasteiger partial charge is 0.260 e. The van der Waals surface area contributed by atoms with Crippen LogP contribution in [0.5, 0.6) is 0 Å². The first-order chi connectivity index (χ1) is 9.10. The highest BCUT2D eigenvalue weighted by molar-refractivity contribution is 7.18. The molecular formula is C13H15N3O2S. The van der Waals surface area contributed by atoms with Crippen molar-refractivity contribution in [3.63, 3.8) is 0 Å². The van der Waals surface area contributed by atoms with Crippen molar-refractivity contribution in [1.29, 1.82) is 0 Å². The molecule has 2 aromatic heterocycles. The molecule has 19 heavy (non-hydrogen) atoms. The summed E-state index contributed by atoms with van der Waals surface area (Å²) in [6.07, 6.45) is 1.31. The maximum absolute atomic E-state index is 12.2. The van der Waals surface area contributed by atoms with E-state index in [1.807, 2.05) is 20.8 Å². The van der Waals surface area contributed by atoms with Gasteiger partial charge in [0.2, 0.25) is 0 Å². The zero-order valence-corrected chi connectivity index (χ0v) is 11.9. The van der Waals surface area contributed by atoms with Crippen molar-refractivity contribution in [2.24, 2.45) is 5.16 Å². The van der Waals surface area contributed by atoms with E-state index in [0.717, 1.165) is 27.4 Å². The number of aromatic nitrogens is 2. The number of aromatic amines is 1. The van der Waals surface area contributed by atoms with Gasteiger partial charge in [-0.15, -0.1) is 11.3 Å². The second-order valence-corrected chi connectivity index (χ2v) is 5.93. The third kappa shape index (κ3) is 1.96. The zero-order chi connectivity index (χ0) is 13.6. The SMILES string of the molecule is CCC1=NO[C@H](c2nc3sc(C)c(C)c3c(=O)[nH]2)C1. The topological polar surface area (TPSA) is 67.3 Å². The van der Waals surface area contributed by atoms with Crippen molar-refractivity contribution in [3.8, 4) is 0 Å². The summed E-state index contributed by atoms with van der Waals surface area (Å²) >= 11 is 1.55. The first-order valence-electron chi connectivity index (χ1n) is 6.31. The molecule has 2 aromatic rings. The van der Waals surface area contributed by atoms with Gasteiger partial charge in [-0.05, 0) is 25.8 Å². The molecule has 0 radical (unpaired) electrons. The summed E-state index contributed by atoms with van der Waals surface area (Å²) in [5.74, 6) is 0.575. The maximum atomic E-state index is 12.2. The van der Waals surface area contributed by atoms with Crippen molar-refractivity contribution in [1.82, 2.24) is 9.97 Å². The molecule has 6 heteroatoms. The van der Waals surface area contributed by atoms with Crippen LogP contribution in [0.3, 0.4) is 0 Å². The minimum Gasteiger partial charge on any atom is -0.384 e. The Balaban J connectivity index is 2.05. The number of nitrogens with one attached hydrogen (secondary N) is 1. The maximum Gasteiger partial charge on any atom is 0.260 e. The predicted octanol–water partition coefficient (Wildman–Crippen LogP) is 2.83. The van der Waals surface area contributed by atoms with Gasteiger partial charge >= 0.3 is 0 Å². The van der Waals surface area contributed by atoms with Crippen LogP contribution in [0.4, 0.5) is 0 Å². The van der Waals surface area contributed by atoms with Gasteiger partial charge in [0.15, 0.2) is 11.9 Å². The Kier molecular flexibility index (Phi) is 2.89. The van der Waals surface area contributed by atoms with E-state index >= 15 is 0 Å². The van der Waals surface area contributed by atoms with Crippen LogP contribution in [-0.4, -0.2) is 15.7 Å². The van der Waals surface area contributed by atoms with Crippen LogP contribution in [0.2, 0.25) is 0 Å². The van der Waals surface area contributed by atoms with E-state index in [-0.39, 0.29) is 11.7 Å². The Morgan fingerprint density at radius 3 is 2.95 bits per heavy atom. The average molecular weight is 277 g/mol. The van der Waals surface area contributed by atoms with Gasteiger partial charge in [0, 0.05) is 11.3 Å². The molecule has 0 saturated heterocycles. The molecule has 0 aliphatic carbocycles. The van der Waals surface area contributed by atoms with Crippen molar-refractivity contribution >= 4 is 27.3 Å². The largest absolute Gasteiger partial charge is 0.384 e. The number of thiophene rings is 1. The Labute approximate surface area is 114 Å². The number of hydrogen-bond acceptors (Lipinski definition) is 5. The predicted molar refractivity (Wildman–Crippen MR) is 75.9 cm³/mol. The normalized spacial score (nSPS) is 18.7. The third-order valence-corrected chi connectivity index (χ3v) is 4.60. The molecule has 1 N–H and O–H groups in total. The van der Waals surface area contributed by atoms with Gasteiger partial charge in [-0.2, -0.15) is 0 Å². The summed E-state index contributed by atoms with van der Waals surface area (Å²) in [4.78, 5) is 26.8. The molecule has 0 aromatic carbocycles. The van der Waals surface area contributed by atoms with Gasteiger partial charge in [-0.25, -0.2) is 4.98 Å². The Morgan fingerprint density at radius 1 is 1.47 bits per heavy atom. The van der Waals surface area contributed by atoms with Gasteiger partial charge in [-0.1, -0.05) is 12.1 Å². The summed E-state index contributed by atoms with van der Waals surface area (Å²) in [6, 6.07) is 0. The Hall–Kier alpha value is -1.69. The fourth-order valence-electron chi connectivity index (χ4n) is 2.21. The number of nitrogens with zero attached hydrogens (tertiary/aromatic N) is 2. The summed E-state index contributed by atoms with van der Waals surface area (Å²) < 4.78 is 0. The monoisotopic (exact) mass is 277 g/mol. The molecule has 0 amide bonds. The van der Waals surface area contributed by atoms with E-state index in [9.17, 15) is 4.79 Å². The van der Waals surface area contributed by atoms with Crippen LogP contribution < -0.4 is 5.56 Å². The highest BCUT2D eigenvalue weighted by Gasteiger charge is 2.25. The molecule has 100 valence electrons. The second-order valence-electron chi connectivity index (χ2n) is 4.72. The molecule has 1 aliphatic heterocycles. The summed E-state index contributed by atoms with van der Waals surface area (Å²) in [7, 11) is 0. The van der Waals surface area contributed by atoms with E-state index in [1.165, 1.54) is 0 Å². The van der Waals surface area contributed by atoms with E-state index in [4.69, 9.17) is 4.84 Å². The van der Waals surface area contributed by atoms with Crippen molar-refractivity contribution < 1.29 is 4.84 Å². The van der Waals surface area contributed by atoms with E-state index in [1.54, 1.807) is 11.3 Å². The second kappa shape index (κ2) is 4.45. The van der Waals surface area contributed by atoms with Crippen LogP contribution in [0.15, 0.2) is 9.95 Å². The van der Waals surface area contributed by atoms with Crippen molar-refractivity contribution in [3.05, 3.63) is 26.6 Å². The molecule has 0 saturated carbocycles. The van der Waals surface area contributed by atoms with Gasteiger partial charge in [-0.3, -0.25) is 4.79 Å². The van der Waals surface area contributed by atoms with Crippen LogP contribution in [-0.2, 0) is 4.84 Å². The number of hydrogen-bond donors (Lipinski definition) is 1. The van der Waals surface area contributed by atoms with Crippen LogP contribution in [0, 0.1) is 13.8 Å². The highest BCUT2D eigenvalue weighted by Crippen LogP contribution is 2.29. The molecular weight excluding hydrogens is 262 g/mol. The lowest BCUT2D eigenvalue weighted by Gasteiger charge is -2.06. The summed E-state index contributed by atoms with van der Waals surface area (Å²) in [6.45, 7) is 6.00. The van der Waals surface area contributed by atoms with Crippen LogP contribution in [0.1, 0.15) is 42.1 Å². The van der Waals surface area contributed by atoms with Gasteiger partial charge < -0.3 is 9.82 Å². The number of rotatable bonds is 2. The van der Waals surface area contributed by atoms with Crippen LogP contribution in [0.25, 0.3) is 10.2 Å². The van der Waals surface area contributed by atoms with Crippen molar-refractivity contribution in [2.45, 2.75) is 39.7 Å². The molecule has 0 bridgehead atoms. The Morgan fingerprint density at radius 2 is 2.26 bits per heavy atom. The quantitative estimate of drug-likeness (QED) is 0.917. The molecule has 3 heterocycles. The lowest BCUT2D eigenvalue weighted by molar-refractivity contribution is 0.0792. The number of fused-ring (bicyclic) bond motifs is 1. The lowest BCUT2D eigenvalue weighted by atomic mass is 10.1. The molecule has 0 unspecified atom stereocenters. The van der Waals surface area contributed by atoms with Gasteiger partial charge in [0.05, 0.1) is 11.1 Å². The van der Waals surface area contributed by atoms with E-state index in [0.29, 0.717) is 17.6 Å². The molecule has 0 spiro atoms. The fourth-order valence-corrected chi connectivity index (χ4v) is 3.24. The van der Waals surface area contributed by atoms with E-state index < -0.39 is 0 Å². The minimum atomic E-state index is -0.255. The first-order valence-corrected chi connectivity index (χ1v) is 7.13. The highest BCUT2D eigenvalue weighted by atomic mass is 32.1. The Bertz CT molecular complexity index is 729. The average Bonchev–Trinajstić information content (AvgIpc) is 2.95. The van der Waals surface area contributed by atoms with E-state index in [2.05, 4.69) is 15.1 Å². The van der Waals surface area contributed by atoms with Crippen molar-refractivity contribution in [2.75, 3.05) is 0 Å². The molecule has 1 atom stereocenters. The molecule has 3 rings (SSSR count). The first kappa shape index (κ1) is 12.3. The fraction of sp³-hybridized carbons (Fsp3) is 0.462. The van der Waals surface area contributed by atoms with Gasteiger partial charge in [0.1, 0.15) is 4.83 Å². The molecule has 1 aliphatic rings. The van der Waals surface area contributed by atoms with Crippen LogP contribution >= 0.6 is 11.3 Å². The lowest BCUT2D eigenvalue weighted by Crippen LogP contribution is -2.14. The number of aryl methyl sites for hydroxylation is 2.